The van der Waals surface area contributed by atoms with Crippen LogP contribution in [0, 0.1) is 4.91 Å². The summed E-state index contributed by atoms with van der Waals surface area (Å²) in [6.45, 7) is 0. The van der Waals surface area contributed by atoms with Crippen molar-refractivity contribution in [2.45, 2.75) is 6.42 Å². The van der Waals surface area contributed by atoms with Crippen molar-refractivity contribution in [3.8, 4) is 17.2 Å². The average molecular weight is 353 g/mol. The molecule has 0 fully saturated rings. The third-order valence-corrected chi connectivity index (χ3v) is 3.37. The third kappa shape index (κ3) is 5.13. The van der Waals surface area contributed by atoms with E-state index in [9.17, 15) is 29.8 Å². The minimum Gasteiger partial charge on any atom is -0.506 e. The lowest BCUT2D eigenvalue weighted by Crippen LogP contribution is -2.01. The lowest BCUT2D eigenvalue weighted by molar-refractivity contribution is -0.121. The maximum Gasteiger partial charge on any atom is 0.163 e. The maximum atomic E-state index is 11.8. The highest BCUT2D eigenvalue weighted by molar-refractivity contribution is 6.10. The van der Waals surface area contributed by atoms with Gasteiger partial charge in [-0.3, -0.25) is 9.59 Å². The Balaban J connectivity index is 1.96. The van der Waals surface area contributed by atoms with Crippen LogP contribution in [0.25, 0.3) is 12.2 Å². The van der Waals surface area contributed by atoms with E-state index in [0.717, 1.165) is 0 Å². The first kappa shape index (κ1) is 18.6. The Labute approximate surface area is 148 Å². The largest absolute Gasteiger partial charge is 0.506 e. The molecule has 0 saturated heterocycles. The van der Waals surface area contributed by atoms with Crippen molar-refractivity contribution >= 4 is 29.4 Å². The quantitative estimate of drug-likeness (QED) is 0.303. The van der Waals surface area contributed by atoms with Gasteiger partial charge in [0.1, 0.15) is 11.4 Å². The Bertz CT molecular complexity index is 914. The number of rotatable bonds is 7. The molecule has 2 aromatic carbocycles. The molecule has 0 saturated carbocycles. The van der Waals surface area contributed by atoms with Gasteiger partial charge in [-0.05, 0) is 52.7 Å². The number of nitroso groups, excluding NO2 is 1. The van der Waals surface area contributed by atoms with Crippen LogP contribution in [0.2, 0.25) is 0 Å². The van der Waals surface area contributed by atoms with Gasteiger partial charge in [-0.2, -0.15) is 0 Å². The van der Waals surface area contributed by atoms with Gasteiger partial charge in [-0.15, -0.1) is 4.91 Å². The van der Waals surface area contributed by atoms with Crippen LogP contribution in [0.15, 0.2) is 53.7 Å². The van der Waals surface area contributed by atoms with Crippen LogP contribution in [0.5, 0.6) is 17.2 Å². The Morgan fingerprint density at radius 3 is 1.88 bits per heavy atom. The number of hydrogen-bond acceptors (Lipinski definition) is 7. The summed E-state index contributed by atoms with van der Waals surface area (Å²) >= 11 is 0. The van der Waals surface area contributed by atoms with Crippen molar-refractivity contribution in [2.24, 2.45) is 5.18 Å². The van der Waals surface area contributed by atoms with E-state index in [-0.39, 0.29) is 29.4 Å². The SMILES string of the molecule is O=Nc1cc(/C=C/C(=O)CC(=O)/C=C/c2ccc(O)c(O)c2)ccc1O. The number of carbonyl (C=O) groups is 2. The second-order valence-corrected chi connectivity index (χ2v) is 5.36. The fourth-order valence-electron chi connectivity index (χ4n) is 2.03. The van der Waals surface area contributed by atoms with E-state index in [1.807, 2.05) is 0 Å². The van der Waals surface area contributed by atoms with Crippen molar-refractivity contribution in [3.63, 3.8) is 0 Å². The van der Waals surface area contributed by atoms with Gasteiger partial charge in [0.25, 0.3) is 0 Å². The smallest absolute Gasteiger partial charge is 0.163 e. The number of phenolic OH excluding ortho intramolecular Hbond substituents is 3. The van der Waals surface area contributed by atoms with Gasteiger partial charge in [0.05, 0.1) is 6.42 Å². The number of ketones is 2. The van der Waals surface area contributed by atoms with Crippen molar-refractivity contribution < 1.29 is 24.9 Å². The molecule has 7 heteroatoms. The highest BCUT2D eigenvalue weighted by atomic mass is 16.3. The fraction of sp³-hybridized carbons (Fsp3) is 0.0526. The molecule has 0 unspecified atom stereocenters. The molecule has 3 N–H and O–H groups in total. The van der Waals surface area contributed by atoms with E-state index in [2.05, 4.69) is 5.18 Å². The molecule has 7 nitrogen and oxygen atoms in total. The van der Waals surface area contributed by atoms with E-state index in [1.165, 1.54) is 60.7 Å². The standard InChI is InChI=1S/C19H15NO6/c21-14(5-1-12-3-7-17(23)16(9-12)20-26)11-15(22)6-2-13-4-8-18(24)19(25)10-13/h1-10,23-25H,11H2/b5-1+,6-2+. The number of hydrogen-bond donors (Lipinski definition) is 3. The summed E-state index contributed by atoms with van der Waals surface area (Å²) in [5.74, 6) is -1.72. The van der Waals surface area contributed by atoms with E-state index in [0.29, 0.717) is 11.1 Å². The Morgan fingerprint density at radius 1 is 0.808 bits per heavy atom. The van der Waals surface area contributed by atoms with Gasteiger partial charge >= 0.3 is 0 Å². The monoisotopic (exact) mass is 353 g/mol. The minimum atomic E-state index is -0.443. The molecular formula is C19H15NO6. The summed E-state index contributed by atoms with van der Waals surface area (Å²) < 4.78 is 0. The lowest BCUT2D eigenvalue weighted by Gasteiger charge is -1.98. The number of benzene rings is 2. The van der Waals surface area contributed by atoms with Gasteiger partial charge in [0.15, 0.2) is 23.1 Å². The molecule has 2 aromatic rings. The fourth-order valence-corrected chi connectivity index (χ4v) is 2.03. The van der Waals surface area contributed by atoms with Crippen LogP contribution in [0.4, 0.5) is 5.69 Å². The molecule has 0 bridgehead atoms. The predicted octanol–water partition coefficient (Wildman–Crippen LogP) is 3.46. The molecule has 0 aliphatic rings. The Hall–Kier alpha value is -3.74. The van der Waals surface area contributed by atoms with E-state index in [1.54, 1.807) is 0 Å². The molecule has 0 aliphatic carbocycles. The Morgan fingerprint density at radius 2 is 1.35 bits per heavy atom. The molecular weight excluding hydrogens is 338 g/mol. The molecule has 0 radical (unpaired) electrons. The summed E-state index contributed by atoms with van der Waals surface area (Å²) in [7, 11) is 0. The highest BCUT2D eigenvalue weighted by Gasteiger charge is 2.05. The first-order valence-corrected chi connectivity index (χ1v) is 7.49. The van der Waals surface area contributed by atoms with Gasteiger partial charge in [0, 0.05) is 0 Å². The van der Waals surface area contributed by atoms with Crippen LogP contribution in [-0.2, 0) is 9.59 Å². The van der Waals surface area contributed by atoms with Crippen LogP contribution in [0.1, 0.15) is 17.5 Å². The first-order chi connectivity index (χ1) is 12.4. The van der Waals surface area contributed by atoms with Crippen molar-refractivity contribution in [1.29, 1.82) is 0 Å². The summed E-state index contributed by atoms with van der Waals surface area (Å²) in [6.07, 6.45) is 4.87. The number of allylic oxidation sites excluding steroid dienone is 2. The summed E-state index contributed by atoms with van der Waals surface area (Å²) in [5, 5.41) is 30.6. The second-order valence-electron chi connectivity index (χ2n) is 5.36. The maximum absolute atomic E-state index is 11.8. The summed E-state index contributed by atoms with van der Waals surface area (Å²) in [4.78, 5) is 34.1. The van der Waals surface area contributed by atoms with Crippen LogP contribution in [-0.4, -0.2) is 26.9 Å². The van der Waals surface area contributed by atoms with Crippen LogP contribution in [0.3, 0.4) is 0 Å². The van der Waals surface area contributed by atoms with Gasteiger partial charge in [0.2, 0.25) is 0 Å². The van der Waals surface area contributed by atoms with Crippen molar-refractivity contribution in [3.05, 3.63) is 64.6 Å². The highest BCUT2D eigenvalue weighted by Crippen LogP contribution is 2.27. The number of phenols is 3. The van der Waals surface area contributed by atoms with E-state index in [4.69, 9.17) is 0 Å². The van der Waals surface area contributed by atoms with E-state index < -0.39 is 11.6 Å². The number of aromatic hydroxyl groups is 3. The molecule has 132 valence electrons. The average Bonchev–Trinajstić information content (AvgIpc) is 2.62. The zero-order chi connectivity index (χ0) is 19.1. The normalized spacial score (nSPS) is 11.1. The molecule has 0 atom stereocenters. The van der Waals surface area contributed by atoms with Gasteiger partial charge in [-0.25, -0.2) is 0 Å². The predicted molar refractivity (Wildman–Crippen MR) is 96.0 cm³/mol. The minimum absolute atomic E-state index is 0.143. The third-order valence-electron chi connectivity index (χ3n) is 3.37. The number of nitrogens with zero attached hydrogens (tertiary/aromatic N) is 1. The summed E-state index contributed by atoms with van der Waals surface area (Å²) in [6, 6.07) is 8.15. The lowest BCUT2D eigenvalue weighted by atomic mass is 10.1. The van der Waals surface area contributed by atoms with Gasteiger partial charge in [-0.1, -0.05) is 24.3 Å². The zero-order valence-electron chi connectivity index (χ0n) is 13.5. The molecule has 0 spiro atoms. The second kappa shape index (κ2) is 8.39. The van der Waals surface area contributed by atoms with E-state index >= 15 is 0 Å². The molecule has 26 heavy (non-hydrogen) atoms. The molecule has 0 aliphatic heterocycles. The molecule has 0 amide bonds. The van der Waals surface area contributed by atoms with Crippen molar-refractivity contribution in [2.75, 3.05) is 0 Å². The van der Waals surface area contributed by atoms with Gasteiger partial charge < -0.3 is 15.3 Å². The first-order valence-electron chi connectivity index (χ1n) is 7.49. The molecule has 2 rings (SSSR count). The van der Waals surface area contributed by atoms with Crippen molar-refractivity contribution in [1.82, 2.24) is 0 Å². The topological polar surface area (TPSA) is 124 Å². The number of carbonyl (C=O) groups excluding carboxylic acids is 2. The zero-order valence-corrected chi connectivity index (χ0v) is 13.5. The van der Waals surface area contributed by atoms with Crippen LogP contribution >= 0.6 is 0 Å². The summed E-state index contributed by atoms with van der Waals surface area (Å²) in [5.41, 5.74) is 0.832. The van der Waals surface area contributed by atoms with Crippen LogP contribution < -0.4 is 0 Å². The molecule has 0 aromatic heterocycles. The molecule has 0 heterocycles. The Kier molecular flexibility index (Phi) is 6.00.